The molecule has 0 amide bonds. The highest BCUT2D eigenvalue weighted by molar-refractivity contribution is 6.35. The molecule has 0 N–H and O–H groups in total. The largest absolute Gasteiger partial charge is 0.465 e. The normalized spacial score (nSPS) is 11.0. The predicted molar refractivity (Wildman–Crippen MR) is 115 cm³/mol. The fourth-order valence-electron chi connectivity index (χ4n) is 3.19. The number of esters is 1. The molecule has 0 unspecified atom stereocenters. The Hall–Kier alpha value is -2.57. The van der Waals surface area contributed by atoms with Gasteiger partial charge in [0.05, 0.1) is 38.9 Å². The highest BCUT2D eigenvalue weighted by Gasteiger charge is 2.21. The summed E-state index contributed by atoms with van der Waals surface area (Å²) in [7, 11) is 3.63. The zero-order chi connectivity index (χ0) is 20.6. The van der Waals surface area contributed by atoms with Crippen LogP contribution in [-0.2, 0) is 16.1 Å². The van der Waals surface area contributed by atoms with Gasteiger partial charge in [-0.3, -0.25) is 9.59 Å². The van der Waals surface area contributed by atoms with Crippen LogP contribution in [0.2, 0.25) is 10.0 Å². The van der Waals surface area contributed by atoms with Crippen LogP contribution in [0.4, 0.5) is 5.69 Å². The third-order valence-electron chi connectivity index (χ3n) is 4.33. The van der Waals surface area contributed by atoms with Crippen LogP contribution in [0.15, 0.2) is 29.6 Å². The van der Waals surface area contributed by atoms with Gasteiger partial charge in [0.1, 0.15) is 12.2 Å². The Labute approximate surface area is 171 Å². The van der Waals surface area contributed by atoms with Gasteiger partial charge < -0.3 is 14.2 Å². The van der Waals surface area contributed by atoms with E-state index >= 15 is 0 Å². The third-order valence-corrected chi connectivity index (χ3v) is 4.94. The third kappa shape index (κ3) is 3.34. The molecule has 1 aromatic carbocycles. The number of anilines is 1. The summed E-state index contributed by atoms with van der Waals surface area (Å²) in [5, 5.41) is 1.48. The summed E-state index contributed by atoms with van der Waals surface area (Å²) < 4.78 is 6.77. The van der Waals surface area contributed by atoms with Gasteiger partial charge in [-0.15, -0.1) is 0 Å². The zero-order valence-corrected chi connectivity index (χ0v) is 17.3. The average molecular weight is 420 g/mol. The summed E-state index contributed by atoms with van der Waals surface area (Å²) >= 11 is 12.7. The summed E-state index contributed by atoms with van der Waals surface area (Å²) in [6.07, 6.45) is 1.50. The number of pyridine rings is 2. The monoisotopic (exact) mass is 419 g/mol. The maximum absolute atomic E-state index is 13.2. The number of nitrogens with zero attached hydrogens (tertiary/aromatic N) is 3. The second kappa shape index (κ2) is 7.81. The number of aromatic nitrogens is 2. The number of hydrogen-bond donors (Lipinski definition) is 0. The number of rotatable bonds is 5. The second-order valence-corrected chi connectivity index (χ2v) is 7.15. The van der Waals surface area contributed by atoms with Crippen molar-refractivity contribution in [2.45, 2.75) is 13.5 Å². The first kappa shape index (κ1) is 20.2. The lowest BCUT2D eigenvalue weighted by Crippen LogP contribution is -2.21. The number of fused-ring (bicyclic) bond motifs is 2. The van der Waals surface area contributed by atoms with E-state index in [1.54, 1.807) is 34.6 Å². The van der Waals surface area contributed by atoms with Crippen LogP contribution < -0.4 is 10.3 Å². The minimum Gasteiger partial charge on any atom is -0.465 e. The molecule has 6 nitrogen and oxygen atoms in total. The van der Waals surface area contributed by atoms with E-state index in [9.17, 15) is 9.59 Å². The van der Waals surface area contributed by atoms with Crippen LogP contribution >= 0.6 is 23.2 Å². The molecule has 0 spiro atoms. The van der Waals surface area contributed by atoms with Gasteiger partial charge in [0, 0.05) is 19.5 Å². The first-order valence-electron chi connectivity index (χ1n) is 8.60. The summed E-state index contributed by atoms with van der Waals surface area (Å²) in [6.45, 7) is 5.55. The first-order valence-corrected chi connectivity index (χ1v) is 9.36. The molecule has 0 bridgehead atoms. The first-order chi connectivity index (χ1) is 13.3. The van der Waals surface area contributed by atoms with Crippen molar-refractivity contribution in [3.63, 3.8) is 0 Å². The van der Waals surface area contributed by atoms with Crippen molar-refractivity contribution in [1.82, 2.24) is 9.55 Å². The Bertz CT molecular complexity index is 1170. The number of halogens is 2. The van der Waals surface area contributed by atoms with E-state index < -0.39 is 5.97 Å². The lowest BCUT2D eigenvalue weighted by Gasteiger charge is -2.22. The minimum absolute atomic E-state index is 0.131. The Morgan fingerprint density at radius 3 is 2.61 bits per heavy atom. The van der Waals surface area contributed by atoms with Crippen LogP contribution in [0.5, 0.6) is 0 Å². The maximum atomic E-state index is 13.2. The summed E-state index contributed by atoms with van der Waals surface area (Å²) in [6, 6.07) is 4.85. The number of hydrogen-bond acceptors (Lipinski definition) is 5. The molecule has 0 aliphatic carbocycles. The van der Waals surface area contributed by atoms with Crippen LogP contribution in [0, 0.1) is 0 Å². The molecular weight excluding hydrogens is 401 g/mol. The molecular formula is C20H19Cl2N3O3. The quantitative estimate of drug-likeness (QED) is 0.459. The minimum atomic E-state index is -0.449. The van der Waals surface area contributed by atoms with E-state index in [2.05, 4.69) is 11.6 Å². The summed E-state index contributed by atoms with van der Waals surface area (Å²) in [5.41, 5.74) is 1.61. The molecule has 0 radical (unpaired) electrons. The zero-order valence-electron chi connectivity index (χ0n) is 15.8. The van der Waals surface area contributed by atoms with Crippen LogP contribution in [0.25, 0.3) is 28.0 Å². The SMILES string of the molecule is C=Cc1nc2c(cc1Cl)c(=O)c1ccc(Cl)c(N(C)C)c1n2CC(=O)OCC. The molecule has 2 heterocycles. The van der Waals surface area contributed by atoms with E-state index in [-0.39, 0.29) is 18.6 Å². The van der Waals surface area contributed by atoms with Gasteiger partial charge in [-0.1, -0.05) is 29.8 Å². The van der Waals surface area contributed by atoms with Gasteiger partial charge in [0.25, 0.3) is 0 Å². The van der Waals surface area contributed by atoms with Crippen molar-refractivity contribution in [3.8, 4) is 0 Å². The molecule has 146 valence electrons. The van der Waals surface area contributed by atoms with Gasteiger partial charge in [-0.25, -0.2) is 4.98 Å². The molecule has 0 saturated carbocycles. The molecule has 8 heteroatoms. The summed E-state index contributed by atoms with van der Waals surface area (Å²) in [4.78, 5) is 31.8. The molecule has 0 atom stereocenters. The Morgan fingerprint density at radius 1 is 1.29 bits per heavy atom. The van der Waals surface area contributed by atoms with E-state index in [1.807, 2.05) is 14.1 Å². The standard InChI is InChI=1S/C20H19Cl2N3O3/c1-5-15-14(22)9-12-19(27)11-7-8-13(21)18(24(3)4)17(11)25(20(12)23-15)10-16(26)28-6-2/h5,7-9H,1,6,10H2,2-4H3. The van der Waals surface area contributed by atoms with Crippen molar-refractivity contribution in [2.75, 3.05) is 25.6 Å². The molecule has 0 fully saturated rings. The fraction of sp³-hybridized carbons (Fsp3) is 0.250. The average Bonchev–Trinajstić information content (AvgIpc) is 2.64. The van der Waals surface area contributed by atoms with Gasteiger partial charge in [0.15, 0.2) is 5.43 Å². The van der Waals surface area contributed by atoms with Crippen LogP contribution in [-0.4, -0.2) is 36.2 Å². The fourth-order valence-corrected chi connectivity index (χ4v) is 3.74. The topological polar surface area (TPSA) is 64.4 Å². The van der Waals surface area contributed by atoms with E-state index in [0.717, 1.165) is 0 Å². The molecule has 28 heavy (non-hydrogen) atoms. The lowest BCUT2D eigenvalue weighted by atomic mass is 10.1. The van der Waals surface area contributed by atoms with Crippen molar-refractivity contribution in [3.05, 3.63) is 50.7 Å². The van der Waals surface area contributed by atoms with Gasteiger partial charge >= 0.3 is 5.97 Å². The molecule has 3 rings (SSSR count). The Kier molecular flexibility index (Phi) is 5.63. The van der Waals surface area contributed by atoms with Crippen LogP contribution in [0.3, 0.4) is 0 Å². The van der Waals surface area contributed by atoms with Gasteiger partial charge in [0.2, 0.25) is 0 Å². The predicted octanol–water partition coefficient (Wildman–Crippen LogP) is 4.13. The number of ether oxygens (including phenoxy) is 1. The van der Waals surface area contributed by atoms with E-state index in [4.69, 9.17) is 27.9 Å². The second-order valence-electron chi connectivity index (χ2n) is 6.34. The smallest absolute Gasteiger partial charge is 0.326 e. The molecule has 3 aromatic rings. The summed E-state index contributed by atoms with van der Waals surface area (Å²) in [5.74, 6) is -0.449. The highest BCUT2D eigenvalue weighted by atomic mass is 35.5. The maximum Gasteiger partial charge on any atom is 0.326 e. The van der Waals surface area contributed by atoms with Crippen molar-refractivity contribution in [1.29, 1.82) is 0 Å². The van der Waals surface area contributed by atoms with E-state index in [0.29, 0.717) is 43.4 Å². The molecule has 0 saturated heterocycles. The van der Waals surface area contributed by atoms with Crippen molar-refractivity contribution < 1.29 is 9.53 Å². The van der Waals surface area contributed by atoms with Gasteiger partial charge in [-0.2, -0.15) is 0 Å². The number of benzene rings is 1. The number of carbonyl (C=O) groups is 1. The Morgan fingerprint density at radius 2 is 2.00 bits per heavy atom. The molecule has 0 aliphatic heterocycles. The van der Waals surface area contributed by atoms with Crippen molar-refractivity contribution >= 4 is 62.9 Å². The lowest BCUT2D eigenvalue weighted by molar-refractivity contribution is -0.143. The Balaban J connectivity index is 2.57. The van der Waals surface area contributed by atoms with E-state index in [1.165, 1.54) is 6.08 Å². The highest BCUT2D eigenvalue weighted by Crippen LogP contribution is 2.34. The van der Waals surface area contributed by atoms with Crippen LogP contribution in [0.1, 0.15) is 12.6 Å². The number of carbonyl (C=O) groups excluding carboxylic acids is 1. The van der Waals surface area contributed by atoms with Gasteiger partial charge in [-0.05, 0) is 31.2 Å². The molecule has 2 aromatic heterocycles. The van der Waals surface area contributed by atoms with Crippen molar-refractivity contribution in [2.24, 2.45) is 0 Å². The molecule has 0 aliphatic rings.